The highest BCUT2D eigenvalue weighted by molar-refractivity contribution is 6.35. The van der Waals surface area contributed by atoms with Crippen LogP contribution in [0.3, 0.4) is 0 Å². The van der Waals surface area contributed by atoms with Crippen LogP contribution in [0, 0.1) is 23.7 Å². The molecule has 0 radical (unpaired) electrons. The minimum absolute atomic E-state index is 0.0916. The second kappa shape index (κ2) is 10.7. The van der Waals surface area contributed by atoms with E-state index in [4.69, 9.17) is 21.3 Å². The number of rotatable bonds is 7. The largest absolute Gasteiger partial charge is 0.450 e. The SMILES string of the molecule is CCC(OC(=O)c1cc(-c2ccc(N3C(=O)C4C5CCC(C5)C4C3=O)cc2)nc2c(Cl)cccc12)C(=O)c1ccccc1. The van der Waals surface area contributed by atoms with Crippen LogP contribution in [0.15, 0.2) is 78.9 Å². The highest BCUT2D eigenvalue weighted by Gasteiger charge is 2.61. The summed E-state index contributed by atoms with van der Waals surface area (Å²) in [6.45, 7) is 1.79. The van der Waals surface area contributed by atoms with Gasteiger partial charge in [-0.15, -0.1) is 0 Å². The fourth-order valence-electron chi connectivity index (χ4n) is 7.28. The molecule has 2 saturated carbocycles. The van der Waals surface area contributed by atoms with Crippen LogP contribution in [0.1, 0.15) is 53.3 Å². The molecule has 1 aromatic heterocycles. The molecule has 3 aromatic carbocycles. The van der Waals surface area contributed by atoms with Gasteiger partial charge in [0.15, 0.2) is 6.10 Å². The van der Waals surface area contributed by atoms with E-state index in [1.54, 1.807) is 79.7 Å². The molecule has 7 rings (SSSR count). The number of fused-ring (bicyclic) bond motifs is 6. The van der Waals surface area contributed by atoms with Crippen LogP contribution in [-0.2, 0) is 14.3 Å². The summed E-state index contributed by atoms with van der Waals surface area (Å²) >= 11 is 6.52. The molecule has 3 fully saturated rings. The predicted molar refractivity (Wildman–Crippen MR) is 163 cm³/mol. The van der Waals surface area contributed by atoms with Crippen molar-refractivity contribution in [3.05, 3.63) is 95.0 Å². The van der Waals surface area contributed by atoms with E-state index < -0.39 is 12.1 Å². The third-order valence-electron chi connectivity index (χ3n) is 9.33. The smallest absolute Gasteiger partial charge is 0.339 e. The summed E-state index contributed by atoms with van der Waals surface area (Å²) in [6, 6.07) is 22.6. The van der Waals surface area contributed by atoms with E-state index in [1.165, 1.54) is 4.90 Å². The highest BCUT2D eigenvalue weighted by atomic mass is 35.5. The lowest BCUT2D eigenvalue weighted by Gasteiger charge is -2.19. The van der Waals surface area contributed by atoms with Crippen molar-refractivity contribution in [2.45, 2.75) is 38.7 Å². The van der Waals surface area contributed by atoms with Crippen LogP contribution in [0.4, 0.5) is 5.69 Å². The first-order valence-electron chi connectivity index (χ1n) is 14.7. The lowest BCUT2D eigenvalue weighted by atomic mass is 9.81. The number of anilines is 1. The standard InChI is InChI=1S/C35H29ClN2O5/c1-2-28(32(39)20-7-4-3-5-8-20)43-35(42)25-18-27(37-31-24(25)9-6-10-26(31)36)19-13-15-23(16-14-19)38-33(40)29-21-11-12-22(17-21)30(29)34(38)41/h3-10,13-16,18,21-22,28-30H,2,11-12,17H2,1H3. The van der Waals surface area contributed by atoms with Crippen LogP contribution in [0.25, 0.3) is 22.2 Å². The Morgan fingerprint density at radius 1 is 0.930 bits per heavy atom. The molecule has 7 nitrogen and oxygen atoms in total. The quantitative estimate of drug-likeness (QED) is 0.131. The zero-order valence-corrected chi connectivity index (χ0v) is 24.3. The summed E-state index contributed by atoms with van der Waals surface area (Å²) in [5.74, 6) is -0.859. The predicted octanol–water partition coefficient (Wildman–Crippen LogP) is 6.91. The van der Waals surface area contributed by atoms with E-state index in [2.05, 4.69) is 0 Å². The van der Waals surface area contributed by atoms with Gasteiger partial charge >= 0.3 is 5.97 Å². The van der Waals surface area contributed by atoms with Crippen molar-refractivity contribution in [3.8, 4) is 11.3 Å². The van der Waals surface area contributed by atoms with Crippen LogP contribution >= 0.6 is 11.6 Å². The molecular weight excluding hydrogens is 564 g/mol. The zero-order valence-electron chi connectivity index (χ0n) is 23.5. The van der Waals surface area contributed by atoms with Crippen LogP contribution < -0.4 is 4.90 Å². The topological polar surface area (TPSA) is 93.6 Å². The van der Waals surface area contributed by atoms with Crippen molar-refractivity contribution in [3.63, 3.8) is 0 Å². The molecule has 5 atom stereocenters. The normalized spacial score (nSPS) is 23.1. The number of hydrogen-bond donors (Lipinski definition) is 0. The van der Waals surface area contributed by atoms with Gasteiger partial charge < -0.3 is 4.74 Å². The number of carbonyl (C=O) groups excluding carboxylic acids is 4. The molecule has 43 heavy (non-hydrogen) atoms. The first-order chi connectivity index (χ1) is 20.9. The van der Waals surface area contributed by atoms with Crippen molar-refractivity contribution in [2.24, 2.45) is 23.7 Å². The lowest BCUT2D eigenvalue weighted by Crippen LogP contribution is -2.32. The van der Waals surface area contributed by atoms with Crippen LogP contribution in [0.5, 0.6) is 0 Å². The summed E-state index contributed by atoms with van der Waals surface area (Å²) < 4.78 is 5.77. The zero-order chi connectivity index (χ0) is 29.8. The number of benzene rings is 3. The number of pyridine rings is 1. The highest BCUT2D eigenvalue weighted by Crippen LogP contribution is 2.56. The lowest BCUT2D eigenvalue weighted by molar-refractivity contribution is -0.123. The number of ketones is 1. The molecule has 2 amide bonds. The number of hydrogen-bond acceptors (Lipinski definition) is 6. The van der Waals surface area contributed by atoms with Crippen molar-refractivity contribution in [1.29, 1.82) is 0 Å². The first-order valence-corrected chi connectivity index (χ1v) is 15.1. The van der Waals surface area contributed by atoms with E-state index in [0.717, 1.165) is 19.3 Å². The summed E-state index contributed by atoms with van der Waals surface area (Å²) in [5, 5.41) is 0.876. The molecule has 8 heteroatoms. The van der Waals surface area contributed by atoms with Gasteiger partial charge in [0.05, 0.1) is 39.3 Å². The summed E-state index contributed by atoms with van der Waals surface area (Å²) in [5.41, 5.74) is 2.81. The molecule has 2 aliphatic carbocycles. The van der Waals surface area contributed by atoms with Gasteiger partial charge in [-0.3, -0.25) is 19.3 Å². The van der Waals surface area contributed by atoms with Crippen LogP contribution in [-0.4, -0.2) is 34.7 Å². The number of amides is 2. The van der Waals surface area contributed by atoms with E-state index in [-0.39, 0.29) is 35.0 Å². The molecule has 2 bridgehead atoms. The third kappa shape index (κ3) is 4.54. The maximum Gasteiger partial charge on any atom is 0.339 e. The molecule has 4 aromatic rings. The Morgan fingerprint density at radius 3 is 2.26 bits per heavy atom. The second-order valence-corrected chi connectivity index (χ2v) is 12.1. The summed E-state index contributed by atoms with van der Waals surface area (Å²) in [6.07, 6.45) is 2.40. The third-order valence-corrected chi connectivity index (χ3v) is 9.63. The van der Waals surface area contributed by atoms with Gasteiger partial charge in [0.1, 0.15) is 0 Å². The molecule has 216 valence electrons. The number of nitrogens with zero attached hydrogens (tertiary/aromatic N) is 2. The molecule has 1 saturated heterocycles. The molecule has 5 unspecified atom stereocenters. The Balaban J connectivity index is 1.20. The fraction of sp³-hybridized carbons (Fsp3) is 0.286. The number of esters is 1. The first kappa shape index (κ1) is 27.5. The van der Waals surface area contributed by atoms with Gasteiger partial charge in [-0.1, -0.05) is 73.1 Å². The van der Waals surface area contributed by atoms with Gasteiger partial charge in [-0.2, -0.15) is 0 Å². The molecular formula is C35H29ClN2O5. The van der Waals surface area contributed by atoms with Gasteiger partial charge in [-0.25, -0.2) is 9.78 Å². The number of aromatic nitrogens is 1. The monoisotopic (exact) mass is 592 g/mol. The number of para-hydroxylation sites is 1. The van der Waals surface area contributed by atoms with E-state index in [9.17, 15) is 19.2 Å². The number of halogens is 1. The Morgan fingerprint density at radius 2 is 1.60 bits per heavy atom. The maximum absolute atomic E-state index is 13.6. The van der Waals surface area contributed by atoms with Gasteiger partial charge in [-0.05, 0) is 61.8 Å². The fourth-order valence-corrected chi connectivity index (χ4v) is 7.49. The number of ether oxygens (including phenoxy) is 1. The average Bonchev–Trinajstić information content (AvgIpc) is 3.73. The van der Waals surface area contributed by atoms with Crippen molar-refractivity contribution >= 4 is 51.8 Å². The van der Waals surface area contributed by atoms with E-state index in [1.807, 2.05) is 6.07 Å². The Labute approximate surface area is 253 Å². The second-order valence-electron chi connectivity index (χ2n) is 11.7. The Kier molecular flexibility index (Phi) is 6.85. The number of Topliss-reactive ketones (excluding diaryl/α,β-unsaturated/α-hetero) is 1. The van der Waals surface area contributed by atoms with Crippen molar-refractivity contribution < 1.29 is 23.9 Å². The van der Waals surface area contributed by atoms with Gasteiger partial charge in [0.25, 0.3) is 0 Å². The van der Waals surface area contributed by atoms with E-state index >= 15 is 0 Å². The Hall–Kier alpha value is -4.36. The average molecular weight is 593 g/mol. The van der Waals surface area contributed by atoms with E-state index in [0.29, 0.717) is 56.7 Å². The van der Waals surface area contributed by atoms with Crippen LogP contribution in [0.2, 0.25) is 5.02 Å². The molecule has 1 aliphatic heterocycles. The minimum atomic E-state index is -0.953. The van der Waals surface area contributed by atoms with Crippen molar-refractivity contribution in [2.75, 3.05) is 4.90 Å². The van der Waals surface area contributed by atoms with Crippen molar-refractivity contribution in [1.82, 2.24) is 4.98 Å². The summed E-state index contributed by atoms with van der Waals surface area (Å²) in [7, 11) is 0. The molecule has 3 aliphatic rings. The molecule has 0 spiro atoms. The minimum Gasteiger partial charge on any atom is -0.450 e. The molecule has 0 N–H and O–H groups in total. The Bertz CT molecular complexity index is 1760. The number of imide groups is 1. The number of carbonyl (C=O) groups is 4. The summed E-state index contributed by atoms with van der Waals surface area (Å²) in [4.78, 5) is 59.4. The maximum atomic E-state index is 13.6. The van der Waals surface area contributed by atoms with Gasteiger partial charge in [0.2, 0.25) is 17.6 Å². The molecule has 2 heterocycles. The van der Waals surface area contributed by atoms with Gasteiger partial charge in [0, 0.05) is 16.5 Å².